The molecule has 0 amide bonds. The number of aliphatic hydroxyl groups is 1. The smallest absolute Gasteiger partial charge is 0.406 e. The maximum atomic E-state index is 12.3. The number of ether oxygens (including phenoxy) is 1. The van der Waals surface area contributed by atoms with Gasteiger partial charge in [0.05, 0.1) is 10.9 Å². The Bertz CT molecular complexity index is 808. The Morgan fingerprint density at radius 2 is 1.95 bits per heavy atom. The minimum Gasteiger partial charge on any atom is -0.406 e. The van der Waals surface area contributed by atoms with Crippen LogP contribution in [0, 0.1) is 0 Å². The van der Waals surface area contributed by atoms with E-state index in [0.717, 1.165) is 21.3 Å². The van der Waals surface area contributed by atoms with Crippen molar-refractivity contribution in [3.8, 4) is 5.75 Å². The third kappa shape index (κ3) is 3.14. The Balaban J connectivity index is 2.65. The second kappa shape index (κ2) is 5.84. The fraction of sp³-hybridized carbons (Fsp3) is 0.385. The summed E-state index contributed by atoms with van der Waals surface area (Å²) in [5.41, 5.74) is -1.13. The maximum absolute atomic E-state index is 12.3. The minimum atomic E-state index is -4.87. The van der Waals surface area contributed by atoms with E-state index in [2.05, 4.69) is 4.74 Å². The zero-order valence-corrected chi connectivity index (χ0v) is 11.6. The predicted octanol–water partition coefficient (Wildman–Crippen LogP) is 0.981. The largest absolute Gasteiger partial charge is 0.573 e. The summed E-state index contributed by atoms with van der Waals surface area (Å²) in [4.78, 5) is 24.3. The highest BCUT2D eigenvalue weighted by Crippen LogP contribution is 2.24. The van der Waals surface area contributed by atoms with Gasteiger partial charge < -0.3 is 9.84 Å². The van der Waals surface area contributed by atoms with E-state index in [1.54, 1.807) is 0 Å². The molecule has 0 saturated heterocycles. The molecule has 1 N–H and O–H groups in total. The highest BCUT2D eigenvalue weighted by molar-refractivity contribution is 5.79. The average Bonchev–Trinajstić information content (AvgIpc) is 2.43. The molecular weight excluding hydrogens is 305 g/mol. The van der Waals surface area contributed by atoms with Crippen molar-refractivity contribution in [2.45, 2.75) is 19.3 Å². The summed E-state index contributed by atoms with van der Waals surface area (Å²) in [5, 5.41) is 8.73. The van der Waals surface area contributed by atoms with E-state index in [1.165, 1.54) is 13.1 Å². The first-order valence-electron chi connectivity index (χ1n) is 6.35. The van der Waals surface area contributed by atoms with Crippen molar-refractivity contribution in [3.63, 3.8) is 0 Å². The zero-order chi connectivity index (χ0) is 16.5. The molecule has 0 aliphatic heterocycles. The number of halogens is 3. The van der Waals surface area contributed by atoms with Crippen LogP contribution in [-0.4, -0.2) is 27.2 Å². The van der Waals surface area contributed by atoms with Gasteiger partial charge in [-0.05, 0) is 24.6 Å². The first kappa shape index (κ1) is 16.1. The van der Waals surface area contributed by atoms with Gasteiger partial charge in [0.25, 0.3) is 5.56 Å². The molecule has 9 heteroatoms. The quantitative estimate of drug-likeness (QED) is 0.912. The van der Waals surface area contributed by atoms with Crippen molar-refractivity contribution in [2.75, 3.05) is 6.61 Å². The molecule has 0 bridgehead atoms. The predicted molar refractivity (Wildman–Crippen MR) is 71.8 cm³/mol. The van der Waals surface area contributed by atoms with E-state index in [9.17, 15) is 22.8 Å². The molecule has 2 aromatic rings. The van der Waals surface area contributed by atoms with Gasteiger partial charge in [-0.25, -0.2) is 4.79 Å². The fourth-order valence-electron chi connectivity index (χ4n) is 2.12. The SMILES string of the molecule is Cn1c(=O)n(CCCO)c(=O)c2cc(OC(F)(F)F)ccc21. The van der Waals surface area contributed by atoms with E-state index >= 15 is 0 Å². The van der Waals surface area contributed by atoms with Gasteiger partial charge in [0, 0.05) is 20.2 Å². The first-order chi connectivity index (χ1) is 10.2. The summed E-state index contributed by atoms with van der Waals surface area (Å²) in [5.74, 6) is -0.538. The number of aliphatic hydroxyl groups excluding tert-OH is 1. The lowest BCUT2D eigenvalue weighted by Crippen LogP contribution is -2.39. The Morgan fingerprint density at radius 1 is 1.27 bits per heavy atom. The lowest BCUT2D eigenvalue weighted by molar-refractivity contribution is -0.274. The fourth-order valence-corrected chi connectivity index (χ4v) is 2.12. The molecule has 0 fully saturated rings. The number of aromatic nitrogens is 2. The monoisotopic (exact) mass is 318 g/mol. The Kier molecular flexibility index (Phi) is 4.27. The number of hydrogen-bond acceptors (Lipinski definition) is 4. The molecule has 22 heavy (non-hydrogen) atoms. The van der Waals surface area contributed by atoms with Crippen LogP contribution in [-0.2, 0) is 13.6 Å². The summed E-state index contributed by atoms with van der Waals surface area (Å²) in [7, 11) is 1.41. The van der Waals surface area contributed by atoms with Crippen LogP contribution in [0.3, 0.4) is 0 Å². The van der Waals surface area contributed by atoms with E-state index in [0.29, 0.717) is 0 Å². The Hall–Kier alpha value is -2.29. The van der Waals surface area contributed by atoms with Crippen LogP contribution in [0.2, 0.25) is 0 Å². The molecule has 2 rings (SSSR count). The highest BCUT2D eigenvalue weighted by Gasteiger charge is 2.31. The first-order valence-corrected chi connectivity index (χ1v) is 6.35. The van der Waals surface area contributed by atoms with Gasteiger partial charge in [-0.2, -0.15) is 0 Å². The number of alkyl halides is 3. The third-order valence-corrected chi connectivity index (χ3v) is 3.10. The van der Waals surface area contributed by atoms with Gasteiger partial charge in [-0.15, -0.1) is 13.2 Å². The summed E-state index contributed by atoms with van der Waals surface area (Å²) in [6.07, 6.45) is -4.69. The molecule has 0 unspecified atom stereocenters. The molecule has 1 aromatic heterocycles. The third-order valence-electron chi connectivity index (χ3n) is 3.10. The van der Waals surface area contributed by atoms with Crippen molar-refractivity contribution in [1.29, 1.82) is 0 Å². The molecule has 0 spiro atoms. The highest BCUT2D eigenvalue weighted by atomic mass is 19.4. The summed E-state index contributed by atoms with van der Waals surface area (Å²) in [6.45, 7) is -0.243. The van der Waals surface area contributed by atoms with Crippen molar-refractivity contribution in [1.82, 2.24) is 9.13 Å². The number of hydrogen-bond donors (Lipinski definition) is 1. The summed E-state index contributed by atoms with van der Waals surface area (Å²) < 4.78 is 42.5. The summed E-state index contributed by atoms with van der Waals surface area (Å²) in [6, 6.07) is 3.20. The number of nitrogens with zero attached hydrogens (tertiary/aromatic N) is 2. The van der Waals surface area contributed by atoms with Crippen molar-refractivity contribution in [2.24, 2.45) is 7.05 Å². The average molecular weight is 318 g/mol. The van der Waals surface area contributed by atoms with Gasteiger partial charge in [0.2, 0.25) is 0 Å². The van der Waals surface area contributed by atoms with Crippen LogP contribution >= 0.6 is 0 Å². The van der Waals surface area contributed by atoms with Gasteiger partial charge >= 0.3 is 12.1 Å². The number of rotatable bonds is 4. The molecule has 0 saturated carbocycles. The molecule has 0 radical (unpaired) electrons. The summed E-state index contributed by atoms with van der Waals surface area (Å²) >= 11 is 0. The number of aryl methyl sites for hydroxylation is 1. The molecule has 1 heterocycles. The van der Waals surface area contributed by atoms with Gasteiger partial charge in [-0.3, -0.25) is 13.9 Å². The molecular formula is C13H13F3N2O4. The normalized spacial score (nSPS) is 11.9. The number of fused-ring (bicyclic) bond motifs is 1. The standard InChI is InChI=1S/C13H13F3N2O4/c1-17-10-4-3-8(22-13(14,15)16)7-9(10)11(20)18(12(17)21)5-2-6-19/h3-4,7,19H,2,5-6H2,1H3. The number of benzene rings is 1. The Morgan fingerprint density at radius 3 is 2.55 bits per heavy atom. The van der Waals surface area contributed by atoms with Crippen LogP contribution in [0.5, 0.6) is 5.75 Å². The van der Waals surface area contributed by atoms with Crippen molar-refractivity contribution in [3.05, 3.63) is 39.0 Å². The second-order valence-corrected chi connectivity index (χ2v) is 4.60. The maximum Gasteiger partial charge on any atom is 0.573 e. The van der Waals surface area contributed by atoms with Gasteiger partial charge in [-0.1, -0.05) is 0 Å². The van der Waals surface area contributed by atoms with Crippen LogP contribution in [0.4, 0.5) is 13.2 Å². The lowest BCUT2D eigenvalue weighted by atomic mass is 10.2. The van der Waals surface area contributed by atoms with Crippen molar-refractivity contribution >= 4 is 10.9 Å². The topological polar surface area (TPSA) is 73.5 Å². The van der Waals surface area contributed by atoms with Crippen molar-refractivity contribution < 1.29 is 23.0 Å². The molecule has 0 aliphatic carbocycles. The molecule has 6 nitrogen and oxygen atoms in total. The van der Waals surface area contributed by atoms with E-state index in [1.807, 2.05) is 0 Å². The lowest BCUT2D eigenvalue weighted by Gasteiger charge is -2.12. The van der Waals surface area contributed by atoms with Crippen LogP contribution in [0.1, 0.15) is 6.42 Å². The van der Waals surface area contributed by atoms with Crippen LogP contribution in [0.25, 0.3) is 10.9 Å². The zero-order valence-electron chi connectivity index (χ0n) is 11.6. The van der Waals surface area contributed by atoms with Gasteiger partial charge in [0.1, 0.15) is 5.75 Å². The minimum absolute atomic E-state index is 0.0255. The second-order valence-electron chi connectivity index (χ2n) is 4.60. The van der Waals surface area contributed by atoms with E-state index in [4.69, 9.17) is 5.11 Å². The van der Waals surface area contributed by atoms with E-state index in [-0.39, 0.29) is 30.5 Å². The van der Waals surface area contributed by atoms with Crippen LogP contribution < -0.4 is 16.0 Å². The van der Waals surface area contributed by atoms with Gasteiger partial charge in [0.15, 0.2) is 0 Å². The molecule has 0 aliphatic rings. The van der Waals surface area contributed by atoms with Crippen LogP contribution in [0.15, 0.2) is 27.8 Å². The molecule has 0 atom stereocenters. The Labute approximate surface area is 122 Å². The molecule has 1 aromatic carbocycles. The van der Waals surface area contributed by atoms with E-state index < -0.39 is 23.4 Å². The molecule has 120 valence electrons.